The Kier molecular flexibility index (Phi) is 5.17. The summed E-state index contributed by atoms with van der Waals surface area (Å²) in [7, 11) is -0.869. The quantitative estimate of drug-likeness (QED) is 0.498. The second-order valence-corrected chi connectivity index (χ2v) is 11.5. The van der Waals surface area contributed by atoms with Gasteiger partial charge in [0.05, 0.1) is 0 Å². The van der Waals surface area contributed by atoms with Crippen LogP contribution in [0.15, 0.2) is 0 Å². The molecule has 0 heterocycles. The van der Waals surface area contributed by atoms with Gasteiger partial charge < -0.3 is 4.74 Å². The van der Waals surface area contributed by atoms with Crippen LogP contribution in [0.3, 0.4) is 0 Å². The Morgan fingerprint density at radius 2 is 1.71 bits per heavy atom. The van der Waals surface area contributed by atoms with Crippen molar-refractivity contribution >= 4 is 8.07 Å². The average Bonchev–Trinajstić information content (AvgIpc) is 2.13. The molecule has 1 nitrogen and oxygen atoms in total. The van der Waals surface area contributed by atoms with E-state index in [4.69, 9.17) is 4.74 Å². The zero-order valence-corrected chi connectivity index (χ0v) is 11.1. The Labute approximate surface area is 90.2 Å². The largest absolute Gasteiger partial charge is 0.381 e. The summed E-state index contributed by atoms with van der Waals surface area (Å²) in [6.07, 6.45) is 7.13. The van der Waals surface area contributed by atoms with Crippen molar-refractivity contribution < 1.29 is 4.74 Å². The zero-order valence-electron chi connectivity index (χ0n) is 10.1. The molecule has 1 fully saturated rings. The fourth-order valence-corrected chi connectivity index (χ4v) is 2.74. The zero-order chi connectivity index (χ0) is 10.4. The third-order valence-electron chi connectivity index (χ3n) is 3.07. The Morgan fingerprint density at radius 3 is 2.29 bits per heavy atom. The molecule has 1 rings (SSSR count). The van der Waals surface area contributed by atoms with Crippen LogP contribution in [0.2, 0.25) is 25.7 Å². The highest BCUT2D eigenvalue weighted by atomic mass is 28.3. The summed E-state index contributed by atoms with van der Waals surface area (Å²) in [4.78, 5) is 0. The van der Waals surface area contributed by atoms with Crippen LogP contribution in [-0.2, 0) is 4.74 Å². The van der Waals surface area contributed by atoms with E-state index in [2.05, 4.69) is 19.6 Å². The summed E-state index contributed by atoms with van der Waals surface area (Å²) >= 11 is 0. The predicted molar refractivity (Wildman–Crippen MR) is 65.5 cm³/mol. The van der Waals surface area contributed by atoms with Crippen LogP contribution in [-0.4, -0.2) is 21.3 Å². The van der Waals surface area contributed by atoms with Gasteiger partial charge in [0.25, 0.3) is 0 Å². The topological polar surface area (TPSA) is 9.23 Å². The molecule has 0 aromatic heterocycles. The molecule has 2 heteroatoms. The highest BCUT2D eigenvalue weighted by Gasteiger charge is 2.15. The highest BCUT2D eigenvalue weighted by molar-refractivity contribution is 6.76. The minimum absolute atomic E-state index is 0.869. The number of ether oxygens (including phenoxy) is 1. The van der Waals surface area contributed by atoms with Crippen LogP contribution >= 0.6 is 0 Å². The van der Waals surface area contributed by atoms with Gasteiger partial charge in [0.1, 0.15) is 0 Å². The van der Waals surface area contributed by atoms with Crippen molar-refractivity contribution in [1.82, 2.24) is 0 Å². The van der Waals surface area contributed by atoms with Crippen molar-refractivity contribution in [3.8, 4) is 0 Å². The molecule has 0 amide bonds. The van der Waals surface area contributed by atoms with E-state index in [1.165, 1.54) is 38.1 Å². The summed E-state index contributed by atoms with van der Waals surface area (Å²) in [5.41, 5.74) is 0. The Hall–Kier alpha value is 0.177. The van der Waals surface area contributed by atoms with Crippen LogP contribution in [0.25, 0.3) is 0 Å². The number of hydrogen-bond donors (Lipinski definition) is 0. The van der Waals surface area contributed by atoms with Crippen LogP contribution in [0, 0.1) is 5.92 Å². The summed E-state index contributed by atoms with van der Waals surface area (Å²) in [6, 6.07) is 1.32. The summed E-state index contributed by atoms with van der Waals surface area (Å²) in [6.45, 7) is 9.28. The second-order valence-electron chi connectivity index (χ2n) is 5.89. The molecule has 0 aromatic carbocycles. The smallest absolute Gasteiger partial charge is 0.0494 e. The molecule has 84 valence electrons. The van der Waals surface area contributed by atoms with Crippen molar-refractivity contribution in [1.29, 1.82) is 0 Å². The molecule has 0 radical (unpaired) electrons. The lowest BCUT2D eigenvalue weighted by atomic mass is 9.90. The molecule has 0 aromatic rings. The maximum absolute atomic E-state index is 5.78. The van der Waals surface area contributed by atoms with E-state index in [1.54, 1.807) is 0 Å². The fraction of sp³-hybridized carbons (Fsp3) is 1.00. The molecule has 1 aliphatic carbocycles. The van der Waals surface area contributed by atoms with Gasteiger partial charge in [-0.1, -0.05) is 38.9 Å². The minimum atomic E-state index is -0.869. The van der Waals surface area contributed by atoms with Crippen molar-refractivity contribution in [2.75, 3.05) is 13.2 Å². The first-order valence-electron chi connectivity index (χ1n) is 6.16. The van der Waals surface area contributed by atoms with Crippen molar-refractivity contribution in [3.63, 3.8) is 0 Å². The molecular formula is C12H26OSi. The van der Waals surface area contributed by atoms with Gasteiger partial charge in [-0.15, -0.1) is 0 Å². The normalized spacial score (nSPS) is 19.9. The van der Waals surface area contributed by atoms with E-state index < -0.39 is 8.07 Å². The van der Waals surface area contributed by atoms with Gasteiger partial charge in [-0.05, 0) is 24.8 Å². The molecule has 0 N–H and O–H groups in total. The molecule has 0 spiro atoms. The first-order chi connectivity index (χ1) is 6.58. The van der Waals surface area contributed by atoms with E-state index >= 15 is 0 Å². The Bertz CT molecular complexity index is 145. The van der Waals surface area contributed by atoms with Gasteiger partial charge in [-0.2, -0.15) is 0 Å². The lowest BCUT2D eigenvalue weighted by molar-refractivity contribution is 0.0943. The monoisotopic (exact) mass is 214 g/mol. The van der Waals surface area contributed by atoms with E-state index in [-0.39, 0.29) is 0 Å². The molecule has 14 heavy (non-hydrogen) atoms. The van der Waals surface area contributed by atoms with Crippen LogP contribution in [0.5, 0.6) is 0 Å². The van der Waals surface area contributed by atoms with Gasteiger partial charge in [0, 0.05) is 21.3 Å². The second kappa shape index (κ2) is 5.91. The standard InChI is InChI=1S/C12H26OSi/c1-14(2,3)10-9-13-11-12-7-5-4-6-8-12/h12H,4-11H2,1-3H3. The summed E-state index contributed by atoms with van der Waals surface area (Å²) < 4.78 is 5.78. The lowest BCUT2D eigenvalue weighted by Gasteiger charge is -2.22. The fourth-order valence-electron chi connectivity index (χ4n) is 1.98. The van der Waals surface area contributed by atoms with Gasteiger partial charge in [-0.3, -0.25) is 0 Å². The van der Waals surface area contributed by atoms with E-state index in [1.807, 2.05) is 0 Å². The molecule has 0 aliphatic heterocycles. The van der Waals surface area contributed by atoms with Gasteiger partial charge >= 0.3 is 0 Å². The highest BCUT2D eigenvalue weighted by Crippen LogP contribution is 2.23. The van der Waals surface area contributed by atoms with Crippen molar-refractivity contribution in [2.24, 2.45) is 5.92 Å². The van der Waals surface area contributed by atoms with Crippen LogP contribution < -0.4 is 0 Å². The lowest BCUT2D eigenvalue weighted by Crippen LogP contribution is -2.23. The van der Waals surface area contributed by atoms with Crippen LogP contribution in [0.1, 0.15) is 32.1 Å². The predicted octanol–water partition coefficient (Wildman–Crippen LogP) is 3.92. The molecule has 1 aliphatic rings. The number of rotatable bonds is 5. The molecule has 0 unspecified atom stereocenters. The third kappa shape index (κ3) is 5.81. The Morgan fingerprint density at radius 1 is 1.07 bits per heavy atom. The SMILES string of the molecule is C[Si](C)(C)CCOCC1CCCCC1. The molecule has 0 saturated heterocycles. The maximum atomic E-state index is 5.78. The van der Waals surface area contributed by atoms with Gasteiger partial charge in [0.2, 0.25) is 0 Å². The summed E-state index contributed by atoms with van der Waals surface area (Å²) in [5.74, 6) is 0.880. The van der Waals surface area contributed by atoms with Crippen molar-refractivity contribution in [3.05, 3.63) is 0 Å². The first kappa shape index (κ1) is 12.2. The molecule has 0 bridgehead atoms. The molecular weight excluding hydrogens is 188 g/mol. The van der Waals surface area contributed by atoms with E-state index in [0.29, 0.717) is 0 Å². The minimum Gasteiger partial charge on any atom is -0.381 e. The van der Waals surface area contributed by atoms with Crippen molar-refractivity contribution in [2.45, 2.75) is 57.8 Å². The number of hydrogen-bond acceptors (Lipinski definition) is 1. The van der Waals surface area contributed by atoms with E-state index in [0.717, 1.165) is 19.1 Å². The molecule has 1 saturated carbocycles. The van der Waals surface area contributed by atoms with Gasteiger partial charge in [0.15, 0.2) is 0 Å². The van der Waals surface area contributed by atoms with Crippen LogP contribution in [0.4, 0.5) is 0 Å². The maximum Gasteiger partial charge on any atom is 0.0494 e. The molecule has 0 atom stereocenters. The first-order valence-corrected chi connectivity index (χ1v) is 9.86. The third-order valence-corrected chi connectivity index (χ3v) is 4.78. The summed E-state index contributed by atoms with van der Waals surface area (Å²) in [5, 5.41) is 0. The Balaban J connectivity index is 1.97. The average molecular weight is 214 g/mol. The van der Waals surface area contributed by atoms with Gasteiger partial charge in [-0.25, -0.2) is 0 Å². The van der Waals surface area contributed by atoms with E-state index in [9.17, 15) is 0 Å².